The summed E-state index contributed by atoms with van der Waals surface area (Å²) in [4.78, 5) is 21.3. The predicted octanol–water partition coefficient (Wildman–Crippen LogP) is 3.58. The normalized spacial score (nSPS) is 20.4. The van der Waals surface area contributed by atoms with Crippen molar-refractivity contribution in [2.75, 3.05) is 38.6 Å². The SMILES string of the molecule is CN(C)c1ccc(/C=C/CN2CCC3(CC2)CC3C(=O)NCc2cccnc2)cc1. The average Bonchev–Trinajstić information content (AvgIpc) is 3.48. The predicted molar refractivity (Wildman–Crippen MR) is 122 cm³/mol. The molecular weight excluding hydrogens is 372 g/mol. The number of pyridine rings is 1. The molecule has 1 amide bonds. The number of benzene rings is 1. The van der Waals surface area contributed by atoms with Crippen molar-refractivity contribution in [2.24, 2.45) is 11.3 Å². The first-order valence-corrected chi connectivity index (χ1v) is 10.9. The molecule has 1 N–H and O–H groups in total. The molecule has 158 valence electrons. The van der Waals surface area contributed by atoms with Crippen LogP contribution in [0.4, 0.5) is 5.69 Å². The Labute approximate surface area is 179 Å². The molecule has 1 aromatic carbocycles. The fraction of sp³-hybridized carbons (Fsp3) is 0.440. The number of aromatic nitrogens is 1. The van der Waals surface area contributed by atoms with Crippen molar-refractivity contribution in [2.45, 2.75) is 25.8 Å². The van der Waals surface area contributed by atoms with Crippen molar-refractivity contribution in [3.63, 3.8) is 0 Å². The molecule has 1 unspecified atom stereocenters. The Morgan fingerprint density at radius 2 is 2.00 bits per heavy atom. The minimum Gasteiger partial charge on any atom is -0.378 e. The van der Waals surface area contributed by atoms with Crippen LogP contribution in [0.2, 0.25) is 0 Å². The Hall–Kier alpha value is -2.66. The van der Waals surface area contributed by atoms with Gasteiger partial charge in [0.15, 0.2) is 0 Å². The van der Waals surface area contributed by atoms with Crippen molar-refractivity contribution in [1.29, 1.82) is 0 Å². The molecule has 2 heterocycles. The number of anilines is 1. The summed E-state index contributed by atoms with van der Waals surface area (Å²) in [5.74, 6) is 0.412. The molecule has 0 radical (unpaired) electrons. The highest BCUT2D eigenvalue weighted by molar-refractivity contribution is 5.82. The number of carbonyl (C=O) groups excluding carboxylic acids is 1. The Balaban J connectivity index is 1.19. The Morgan fingerprint density at radius 1 is 1.23 bits per heavy atom. The number of rotatable bonds is 7. The zero-order valence-corrected chi connectivity index (χ0v) is 18.1. The molecule has 1 saturated heterocycles. The van der Waals surface area contributed by atoms with Gasteiger partial charge in [0.2, 0.25) is 5.91 Å². The first kappa shape index (κ1) is 20.6. The van der Waals surface area contributed by atoms with Crippen molar-refractivity contribution < 1.29 is 4.79 Å². The summed E-state index contributed by atoms with van der Waals surface area (Å²) in [7, 11) is 4.12. The first-order chi connectivity index (χ1) is 14.6. The molecule has 2 aromatic rings. The zero-order valence-electron chi connectivity index (χ0n) is 18.1. The fourth-order valence-electron chi connectivity index (χ4n) is 4.49. The van der Waals surface area contributed by atoms with Crippen LogP contribution in [0.15, 0.2) is 54.9 Å². The number of hydrogen-bond acceptors (Lipinski definition) is 4. The molecule has 1 aliphatic heterocycles. The van der Waals surface area contributed by atoms with E-state index in [0.29, 0.717) is 6.54 Å². The summed E-state index contributed by atoms with van der Waals surface area (Å²) in [5, 5.41) is 3.10. The molecule has 1 spiro atoms. The second-order valence-corrected chi connectivity index (χ2v) is 8.89. The monoisotopic (exact) mass is 404 g/mol. The Kier molecular flexibility index (Phi) is 6.18. The van der Waals surface area contributed by atoms with E-state index >= 15 is 0 Å². The van der Waals surface area contributed by atoms with Gasteiger partial charge >= 0.3 is 0 Å². The summed E-state index contributed by atoms with van der Waals surface area (Å²) in [5.41, 5.74) is 3.76. The summed E-state index contributed by atoms with van der Waals surface area (Å²) in [6.07, 6.45) is 11.3. The van der Waals surface area contributed by atoms with Gasteiger partial charge in [-0.3, -0.25) is 14.7 Å². The highest BCUT2D eigenvalue weighted by atomic mass is 16.2. The number of hydrogen-bond donors (Lipinski definition) is 1. The molecule has 2 aliphatic rings. The number of amides is 1. The Morgan fingerprint density at radius 3 is 2.67 bits per heavy atom. The van der Waals surface area contributed by atoms with Gasteiger partial charge < -0.3 is 10.2 Å². The van der Waals surface area contributed by atoms with Gasteiger partial charge in [-0.05, 0) is 67.1 Å². The number of piperidine rings is 1. The van der Waals surface area contributed by atoms with Gasteiger partial charge in [0.05, 0.1) is 0 Å². The molecule has 4 rings (SSSR count). The van der Waals surface area contributed by atoms with Gasteiger partial charge in [0.1, 0.15) is 0 Å². The van der Waals surface area contributed by atoms with Crippen LogP contribution in [0.25, 0.3) is 6.08 Å². The van der Waals surface area contributed by atoms with E-state index in [4.69, 9.17) is 0 Å². The standard InChI is InChI=1S/C25H32N4O/c1-28(2)22-9-7-20(8-10-22)6-4-14-29-15-11-25(12-16-29)17-23(25)24(30)27-19-21-5-3-13-26-18-21/h3-10,13,18,23H,11-12,14-17,19H2,1-2H3,(H,27,30)/b6-4+. The van der Waals surface area contributed by atoms with E-state index in [1.165, 1.54) is 11.3 Å². The number of nitrogens with one attached hydrogen (secondary N) is 1. The molecule has 30 heavy (non-hydrogen) atoms. The van der Waals surface area contributed by atoms with Gasteiger partial charge in [0, 0.05) is 51.2 Å². The van der Waals surface area contributed by atoms with Crippen molar-refractivity contribution in [3.05, 3.63) is 66.0 Å². The average molecular weight is 405 g/mol. The van der Waals surface area contributed by atoms with Crippen LogP contribution >= 0.6 is 0 Å². The van der Waals surface area contributed by atoms with Gasteiger partial charge in [0.25, 0.3) is 0 Å². The van der Waals surface area contributed by atoms with E-state index in [1.807, 2.05) is 18.3 Å². The number of carbonyl (C=O) groups is 1. The third-order valence-electron chi connectivity index (χ3n) is 6.63. The van der Waals surface area contributed by atoms with Crippen LogP contribution in [-0.4, -0.2) is 49.5 Å². The number of likely N-dealkylation sites (tertiary alicyclic amines) is 1. The molecular formula is C25H32N4O. The topological polar surface area (TPSA) is 48.5 Å². The highest BCUT2D eigenvalue weighted by Crippen LogP contribution is 2.59. The van der Waals surface area contributed by atoms with Crippen LogP contribution < -0.4 is 10.2 Å². The number of nitrogens with zero attached hydrogens (tertiary/aromatic N) is 3. The molecule has 5 heteroatoms. The molecule has 1 atom stereocenters. The fourth-order valence-corrected chi connectivity index (χ4v) is 4.49. The Bertz CT molecular complexity index is 868. The maximum Gasteiger partial charge on any atom is 0.223 e. The van der Waals surface area contributed by atoms with E-state index in [0.717, 1.165) is 44.5 Å². The second-order valence-electron chi connectivity index (χ2n) is 8.89. The molecule has 1 saturated carbocycles. The zero-order chi connectivity index (χ0) is 21.0. The van der Waals surface area contributed by atoms with Gasteiger partial charge in [-0.1, -0.05) is 30.4 Å². The lowest BCUT2D eigenvalue weighted by Gasteiger charge is -2.32. The second kappa shape index (κ2) is 9.00. The van der Waals surface area contributed by atoms with E-state index in [2.05, 4.69) is 70.6 Å². The van der Waals surface area contributed by atoms with Crippen LogP contribution in [0.5, 0.6) is 0 Å². The molecule has 2 fully saturated rings. The smallest absolute Gasteiger partial charge is 0.223 e. The molecule has 1 aromatic heterocycles. The third-order valence-corrected chi connectivity index (χ3v) is 6.63. The lowest BCUT2D eigenvalue weighted by atomic mass is 9.90. The van der Waals surface area contributed by atoms with Crippen LogP contribution in [0, 0.1) is 11.3 Å². The van der Waals surface area contributed by atoms with Crippen molar-refractivity contribution in [1.82, 2.24) is 15.2 Å². The molecule has 0 bridgehead atoms. The van der Waals surface area contributed by atoms with Gasteiger partial charge in [-0.2, -0.15) is 0 Å². The molecule has 1 aliphatic carbocycles. The maximum atomic E-state index is 12.6. The summed E-state index contributed by atoms with van der Waals surface area (Å²) >= 11 is 0. The van der Waals surface area contributed by atoms with Gasteiger partial charge in [-0.25, -0.2) is 0 Å². The third kappa shape index (κ3) is 4.90. The lowest BCUT2D eigenvalue weighted by molar-refractivity contribution is -0.123. The van der Waals surface area contributed by atoms with E-state index < -0.39 is 0 Å². The maximum absolute atomic E-state index is 12.6. The minimum absolute atomic E-state index is 0.196. The first-order valence-electron chi connectivity index (χ1n) is 10.9. The molecule has 5 nitrogen and oxygen atoms in total. The summed E-state index contributed by atoms with van der Waals surface area (Å²) < 4.78 is 0. The van der Waals surface area contributed by atoms with Crippen molar-refractivity contribution >= 4 is 17.7 Å². The summed E-state index contributed by atoms with van der Waals surface area (Å²) in [6, 6.07) is 12.5. The van der Waals surface area contributed by atoms with E-state index in [1.54, 1.807) is 6.20 Å². The van der Waals surface area contributed by atoms with Crippen LogP contribution in [-0.2, 0) is 11.3 Å². The lowest BCUT2D eigenvalue weighted by Crippen LogP contribution is -2.37. The van der Waals surface area contributed by atoms with Crippen molar-refractivity contribution in [3.8, 4) is 0 Å². The van der Waals surface area contributed by atoms with E-state index in [-0.39, 0.29) is 17.2 Å². The largest absolute Gasteiger partial charge is 0.378 e. The van der Waals surface area contributed by atoms with E-state index in [9.17, 15) is 4.79 Å². The quantitative estimate of drug-likeness (QED) is 0.766. The highest BCUT2D eigenvalue weighted by Gasteiger charge is 2.58. The van der Waals surface area contributed by atoms with Gasteiger partial charge in [-0.15, -0.1) is 0 Å². The van der Waals surface area contributed by atoms with Crippen LogP contribution in [0.3, 0.4) is 0 Å². The van der Waals surface area contributed by atoms with Crippen LogP contribution in [0.1, 0.15) is 30.4 Å². The summed E-state index contributed by atoms with van der Waals surface area (Å²) in [6.45, 7) is 3.71. The minimum atomic E-state index is 0.196.